The fourth-order valence-corrected chi connectivity index (χ4v) is 3.56. The summed E-state index contributed by atoms with van der Waals surface area (Å²) in [7, 11) is 3.53. The number of nitrogens with zero attached hydrogens (tertiary/aromatic N) is 2. The fourth-order valence-electron chi connectivity index (χ4n) is 3.56. The molecule has 158 valence electrons. The van der Waals surface area contributed by atoms with Crippen LogP contribution in [0.25, 0.3) is 0 Å². The number of benzene rings is 3. The Morgan fingerprint density at radius 3 is 2.23 bits per heavy atom. The Kier molecular flexibility index (Phi) is 6.34. The van der Waals surface area contributed by atoms with Crippen LogP contribution in [0.2, 0.25) is 0 Å². The molecule has 4 aromatic rings. The van der Waals surface area contributed by atoms with Crippen LogP contribution in [0, 0.1) is 0 Å². The van der Waals surface area contributed by atoms with Gasteiger partial charge in [-0.25, -0.2) is 4.98 Å². The molecule has 0 aliphatic heterocycles. The summed E-state index contributed by atoms with van der Waals surface area (Å²) in [6.07, 6.45) is 1.61. The minimum absolute atomic E-state index is 0.540. The van der Waals surface area contributed by atoms with E-state index in [2.05, 4.69) is 4.98 Å². The first-order chi connectivity index (χ1) is 15.1. The van der Waals surface area contributed by atoms with Gasteiger partial charge in [-0.2, -0.15) is 0 Å². The van der Waals surface area contributed by atoms with Gasteiger partial charge in [0, 0.05) is 13.5 Å². The van der Waals surface area contributed by atoms with Crippen LogP contribution < -0.4 is 9.47 Å². The highest BCUT2D eigenvalue weighted by Crippen LogP contribution is 2.27. The number of aromatic nitrogens is 2. The van der Waals surface area contributed by atoms with Gasteiger partial charge < -0.3 is 19.1 Å². The maximum absolute atomic E-state index is 11.0. The van der Waals surface area contributed by atoms with Crippen molar-refractivity contribution >= 4 is 0 Å². The van der Waals surface area contributed by atoms with Gasteiger partial charge in [0.15, 0.2) is 0 Å². The standard InChI is InChI=1S/C26H26N2O3/c1-28-18-27-24(25(28)26(29)21-10-14-22(30-2)15-11-21)16-19-8-12-23(13-9-19)31-17-20-6-4-3-5-7-20/h3-15,18,26,29H,16-17H2,1-2H3. The van der Waals surface area contributed by atoms with E-state index in [4.69, 9.17) is 9.47 Å². The van der Waals surface area contributed by atoms with Gasteiger partial charge in [-0.15, -0.1) is 0 Å². The minimum Gasteiger partial charge on any atom is -0.497 e. The van der Waals surface area contributed by atoms with Crippen molar-refractivity contribution in [3.05, 3.63) is 113 Å². The largest absolute Gasteiger partial charge is 0.497 e. The topological polar surface area (TPSA) is 56.5 Å². The van der Waals surface area contributed by atoms with Crippen molar-refractivity contribution in [2.24, 2.45) is 7.05 Å². The van der Waals surface area contributed by atoms with Gasteiger partial charge in [-0.1, -0.05) is 54.6 Å². The van der Waals surface area contributed by atoms with Crippen LogP contribution in [0.4, 0.5) is 0 Å². The lowest BCUT2D eigenvalue weighted by Gasteiger charge is -2.15. The van der Waals surface area contributed by atoms with E-state index < -0.39 is 6.10 Å². The molecule has 0 bridgehead atoms. The number of ether oxygens (including phenoxy) is 2. The zero-order valence-electron chi connectivity index (χ0n) is 17.7. The molecule has 0 fully saturated rings. The number of rotatable bonds is 8. The average Bonchev–Trinajstić information content (AvgIpc) is 3.18. The van der Waals surface area contributed by atoms with E-state index >= 15 is 0 Å². The average molecular weight is 415 g/mol. The normalized spacial score (nSPS) is 11.8. The third-order valence-electron chi connectivity index (χ3n) is 5.30. The van der Waals surface area contributed by atoms with E-state index in [-0.39, 0.29) is 0 Å². The molecule has 4 rings (SSSR count). The van der Waals surface area contributed by atoms with Crippen LogP contribution >= 0.6 is 0 Å². The molecule has 5 heteroatoms. The lowest BCUT2D eigenvalue weighted by Crippen LogP contribution is -2.08. The molecule has 31 heavy (non-hydrogen) atoms. The second-order valence-corrected chi connectivity index (χ2v) is 7.46. The smallest absolute Gasteiger partial charge is 0.121 e. The van der Waals surface area contributed by atoms with Gasteiger partial charge in [0.25, 0.3) is 0 Å². The van der Waals surface area contributed by atoms with Crippen molar-refractivity contribution in [1.82, 2.24) is 9.55 Å². The molecule has 5 nitrogen and oxygen atoms in total. The molecule has 0 saturated heterocycles. The molecule has 1 unspecified atom stereocenters. The third kappa shape index (κ3) is 4.95. The van der Waals surface area contributed by atoms with Crippen molar-refractivity contribution in [3.63, 3.8) is 0 Å². The van der Waals surface area contributed by atoms with Crippen molar-refractivity contribution in [1.29, 1.82) is 0 Å². The van der Waals surface area contributed by atoms with Crippen LogP contribution in [0.1, 0.15) is 34.2 Å². The van der Waals surface area contributed by atoms with Crippen molar-refractivity contribution < 1.29 is 14.6 Å². The molecule has 0 aliphatic carbocycles. The van der Waals surface area contributed by atoms with Crippen molar-refractivity contribution in [2.75, 3.05) is 7.11 Å². The number of aliphatic hydroxyl groups is 1. The molecule has 1 N–H and O–H groups in total. The summed E-state index contributed by atoms with van der Waals surface area (Å²) in [6, 6.07) is 25.6. The van der Waals surface area contributed by atoms with E-state index in [1.54, 1.807) is 13.4 Å². The molecule has 0 radical (unpaired) electrons. The van der Waals surface area contributed by atoms with Crippen LogP contribution in [0.15, 0.2) is 85.2 Å². The highest BCUT2D eigenvalue weighted by molar-refractivity contribution is 5.36. The first-order valence-corrected chi connectivity index (χ1v) is 10.2. The van der Waals surface area contributed by atoms with Gasteiger partial charge >= 0.3 is 0 Å². The Bertz CT molecular complexity index is 1100. The number of aliphatic hydroxyl groups excluding tert-OH is 1. The summed E-state index contributed by atoms with van der Waals surface area (Å²) >= 11 is 0. The summed E-state index contributed by atoms with van der Waals surface area (Å²) in [5.41, 5.74) is 4.68. The number of methoxy groups -OCH3 is 1. The Morgan fingerprint density at radius 2 is 1.55 bits per heavy atom. The van der Waals surface area contributed by atoms with Crippen molar-refractivity contribution in [2.45, 2.75) is 19.1 Å². The number of hydrogen-bond donors (Lipinski definition) is 1. The van der Waals surface area contributed by atoms with Gasteiger partial charge in [0.2, 0.25) is 0 Å². The first kappa shape index (κ1) is 20.7. The maximum atomic E-state index is 11.0. The summed E-state index contributed by atoms with van der Waals surface area (Å²) in [6.45, 7) is 0.540. The second-order valence-electron chi connectivity index (χ2n) is 7.46. The lowest BCUT2D eigenvalue weighted by molar-refractivity contribution is 0.210. The fraction of sp³-hybridized carbons (Fsp3) is 0.192. The Balaban J connectivity index is 1.46. The second kappa shape index (κ2) is 9.49. The quantitative estimate of drug-likeness (QED) is 0.455. The SMILES string of the molecule is COc1ccc(C(O)c2c(Cc3ccc(OCc4ccccc4)cc3)ncn2C)cc1. The van der Waals surface area contributed by atoms with E-state index in [0.29, 0.717) is 13.0 Å². The third-order valence-corrected chi connectivity index (χ3v) is 5.30. The van der Waals surface area contributed by atoms with Gasteiger partial charge in [0.05, 0.1) is 24.8 Å². The summed E-state index contributed by atoms with van der Waals surface area (Å²) in [5.74, 6) is 1.59. The van der Waals surface area contributed by atoms with Crippen LogP contribution in [0.5, 0.6) is 11.5 Å². The first-order valence-electron chi connectivity index (χ1n) is 10.2. The van der Waals surface area contributed by atoms with Crippen LogP contribution in [-0.4, -0.2) is 21.8 Å². The zero-order valence-corrected chi connectivity index (χ0v) is 17.7. The molecular formula is C26H26N2O3. The van der Waals surface area contributed by atoms with E-state index in [9.17, 15) is 5.11 Å². The zero-order chi connectivity index (χ0) is 21.6. The van der Waals surface area contributed by atoms with Gasteiger partial charge in [0.1, 0.15) is 24.2 Å². The molecule has 1 aromatic heterocycles. The van der Waals surface area contributed by atoms with Crippen molar-refractivity contribution in [3.8, 4) is 11.5 Å². The highest BCUT2D eigenvalue weighted by Gasteiger charge is 2.20. The predicted molar refractivity (Wildman–Crippen MR) is 120 cm³/mol. The number of hydrogen-bond acceptors (Lipinski definition) is 4. The van der Waals surface area contributed by atoms with E-state index in [1.165, 1.54) is 0 Å². The number of aryl methyl sites for hydroxylation is 1. The van der Waals surface area contributed by atoms with E-state index in [0.717, 1.165) is 39.6 Å². The molecule has 0 saturated carbocycles. The number of imidazole rings is 1. The van der Waals surface area contributed by atoms with Gasteiger partial charge in [-0.3, -0.25) is 0 Å². The van der Waals surface area contributed by atoms with Crippen LogP contribution in [-0.2, 0) is 20.1 Å². The molecular weight excluding hydrogens is 388 g/mol. The highest BCUT2D eigenvalue weighted by atomic mass is 16.5. The molecule has 0 aliphatic rings. The Labute approximate surface area is 182 Å². The molecule has 0 amide bonds. The molecule has 1 heterocycles. The molecule has 0 spiro atoms. The molecule has 3 aromatic carbocycles. The predicted octanol–water partition coefficient (Wildman–Crippen LogP) is 4.68. The van der Waals surface area contributed by atoms with E-state index in [1.807, 2.05) is 90.5 Å². The Hall–Kier alpha value is -3.57. The lowest BCUT2D eigenvalue weighted by atomic mass is 10.0. The molecule has 1 atom stereocenters. The Morgan fingerprint density at radius 1 is 0.871 bits per heavy atom. The minimum atomic E-state index is -0.762. The summed E-state index contributed by atoms with van der Waals surface area (Å²) in [4.78, 5) is 4.54. The van der Waals surface area contributed by atoms with Gasteiger partial charge in [-0.05, 0) is 41.0 Å². The summed E-state index contributed by atoms with van der Waals surface area (Å²) < 4.78 is 13.0. The maximum Gasteiger partial charge on any atom is 0.121 e. The summed E-state index contributed by atoms with van der Waals surface area (Å²) in [5, 5.41) is 11.0. The monoisotopic (exact) mass is 414 g/mol. The van der Waals surface area contributed by atoms with Crippen LogP contribution in [0.3, 0.4) is 0 Å².